The second-order valence-corrected chi connectivity index (χ2v) is 8.82. The van der Waals surface area contributed by atoms with Crippen molar-refractivity contribution in [2.75, 3.05) is 31.1 Å². The highest BCUT2D eigenvalue weighted by molar-refractivity contribution is 7.64. The highest BCUT2D eigenvalue weighted by atomic mass is 31.1. The average molecular weight is 386 g/mol. The van der Waals surface area contributed by atoms with Crippen LogP contribution in [0.15, 0.2) is 36.5 Å². The Kier molecular flexibility index (Phi) is 6.04. The van der Waals surface area contributed by atoms with E-state index in [9.17, 15) is 9.59 Å². The maximum atomic E-state index is 12.3. The second-order valence-electron chi connectivity index (χ2n) is 6.55. The van der Waals surface area contributed by atoms with Crippen LogP contribution in [0.3, 0.4) is 0 Å². The number of rotatable bonds is 7. The van der Waals surface area contributed by atoms with Crippen LogP contribution in [-0.2, 0) is 9.63 Å². The van der Waals surface area contributed by atoms with E-state index in [-0.39, 0.29) is 19.7 Å². The van der Waals surface area contributed by atoms with E-state index in [2.05, 4.69) is 40.5 Å². The summed E-state index contributed by atoms with van der Waals surface area (Å²) in [6, 6.07) is 9.65. The van der Waals surface area contributed by atoms with Gasteiger partial charge in [-0.25, -0.2) is 10.5 Å². The number of pyridine rings is 1. The van der Waals surface area contributed by atoms with Gasteiger partial charge in [-0.1, -0.05) is 26.1 Å². The molecule has 0 radical (unpaired) electrons. The minimum Gasteiger partial charge on any atom is -0.354 e. The molecule has 8 heteroatoms. The highest BCUT2D eigenvalue weighted by Crippen LogP contribution is 2.32. The first-order chi connectivity index (χ1) is 13.0. The topological polar surface area (TPSA) is 92.3 Å². The minimum atomic E-state index is -0.416. The van der Waals surface area contributed by atoms with Crippen molar-refractivity contribution in [3.8, 4) is 0 Å². The van der Waals surface area contributed by atoms with E-state index in [1.54, 1.807) is 6.07 Å². The Hall–Kier alpha value is -2.50. The molecule has 1 aromatic heterocycles. The molecule has 2 aromatic rings. The van der Waals surface area contributed by atoms with E-state index in [4.69, 9.17) is 4.84 Å². The highest BCUT2D eigenvalue weighted by Gasteiger charge is 2.30. The number of hydrogen-bond donors (Lipinski definition) is 3. The lowest BCUT2D eigenvalue weighted by Crippen LogP contribution is -2.24. The Morgan fingerprint density at radius 2 is 1.93 bits per heavy atom. The Balaban J connectivity index is 1.94. The first kappa shape index (κ1) is 19.3. The number of carbonyl (C=O) groups excluding carboxylic acids is 2. The van der Waals surface area contributed by atoms with E-state index in [1.165, 1.54) is 18.6 Å². The van der Waals surface area contributed by atoms with E-state index >= 15 is 0 Å². The first-order valence-corrected chi connectivity index (χ1v) is 10.9. The van der Waals surface area contributed by atoms with Crippen molar-refractivity contribution in [1.29, 1.82) is 0 Å². The zero-order valence-corrected chi connectivity index (χ0v) is 16.5. The predicted octanol–water partition coefficient (Wildman–Crippen LogP) is 2.83. The van der Waals surface area contributed by atoms with Crippen molar-refractivity contribution in [3.05, 3.63) is 42.1 Å². The Labute approximate surface area is 159 Å². The lowest BCUT2D eigenvalue weighted by atomic mass is 10.2. The third kappa shape index (κ3) is 4.81. The number of hydrogen-bond acceptors (Lipinski definition) is 5. The number of para-hydroxylation sites is 1. The van der Waals surface area contributed by atoms with Crippen molar-refractivity contribution < 1.29 is 14.4 Å². The molecule has 1 fully saturated rings. The van der Waals surface area contributed by atoms with Crippen molar-refractivity contribution in [3.63, 3.8) is 0 Å². The van der Waals surface area contributed by atoms with E-state index < -0.39 is 5.91 Å². The fourth-order valence-electron chi connectivity index (χ4n) is 2.64. The molecule has 1 aliphatic rings. The number of amides is 2. The Bertz CT molecular complexity index is 853. The molecule has 0 saturated heterocycles. The summed E-state index contributed by atoms with van der Waals surface area (Å²) in [6.07, 6.45) is 3.26. The van der Waals surface area contributed by atoms with Gasteiger partial charge in [0.2, 0.25) is 5.91 Å². The summed E-state index contributed by atoms with van der Waals surface area (Å²) in [4.78, 5) is 33.3. The summed E-state index contributed by atoms with van der Waals surface area (Å²) in [5.74, 6) is 0.0362. The molecule has 0 spiro atoms. The molecule has 3 rings (SSSR count). The van der Waals surface area contributed by atoms with Crippen LogP contribution in [0, 0.1) is 5.92 Å². The molecule has 7 nitrogen and oxygen atoms in total. The quantitative estimate of drug-likeness (QED) is 0.503. The Morgan fingerprint density at radius 3 is 2.59 bits per heavy atom. The zero-order valence-electron chi connectivity index (χ0n) is 15.6. The van der Waals surface area contributed by atoms with Crippen LogP contribution < -0.4 is 21.4 Å². The SMILES string of the molecule is CONC(=O)c1cnc(NC(=O)C2CC2)cc1Nc1ccccc1P(C)C. The number of benzene rings is 1. The average Bonchev–Trinajstić information content (AvgIpc) is 3.47. The van der Waals surface area contributed by atoms with Gasteiger partial charge in [0.15, 0.2) is 0 Å². The number of nitrogens with zero attached hydrogens (tertiary/aromatic N) is 1. The summed E-state index contributed by atoms with van der Waals surface area (Å²) in [5.41, 5.74) is 4.11. The van der Waals surface area contributed by atoms with Crippen LogP contribution in [0.5, 0.6) is 0 Å². The van der Waals surface area contributed by atoms with Crippen molar-refractivity contribution in [2.24, 2.45) is 5.92 Å². The van der Waals surface area contributed by atoms with Gasteiger partial charge in [-0.2, -0.15) is 0 Å². The van der Waals surface area contributed by atoms with Crippen LogP contribution >= 0.6 is 7.92 Å². The van der Waals surface area contributed by atoms with Gasteiger partial charge in [0.1, 0.15) is 5.82 Å². The summed E-state index contributed by atoms with van der Waals surface area (Å²) in [7, 11) is 1.04. The number of aromatic nitrogens is 1. The van der Waals surface area contributed by atoms with E-state index in [1.807, 2.05) is 18.2 Å². The summed E-state index contributed by atoms with van der Waals surface area (Å²) >= 11 is 0. The van der Waals surface area contributed by atoms with Gasteiger partial charge in [-0.3, -0.25) is 14.4 Å². The fraction of sp³-hybridized carbons (Fsp3) is 0.316. The lowest BCUT2D eigenvalue weighted by Gasteiger charge is -2.17. The van der Waals surface area contributed by atoms with Crippen molar-refractivity contribution >= 4 is 42.2 Å². The minimum absolute atomic E-state index is 0.0337. The molecule has 0 aliphatic heterocycles. The summed E-state index contributed by atoms with van der Waals surface area (Å²) in [6.45, 7) is 4.34. The zero-order chi connectivity index (χ0) is 19.4. The van der Waals surface area contributed by atoms with E-state index in [0.29, 0.717) is 17.1 Å². The van der Waals surface area contributed by atoms with Gasteiger partial charge in [-0.05, 0) is 37.5 Å². The van der Waals surface area contributed by atoms with Gasteiger partial charge in [0, 0.05) is 23.9 Å². The standard InChI is InChI=1S/C19H23N4O3P/c1-26-23-19(25)13-11-20-17(22-18(24)12-8-9-12)10-15(13)21-14-6-4-5-7-16(14)27(2)3/h4-7,10-12H,8-9H2,1-3H3,(H,23,25)(H2,20,21,22,24). The second kappa shape index (κ2) is 8.46. The number of anilines is 3. The van der Waals surface area contributed by atoms with Crippen molar-refractivity contribution in [2.45, 2.75) is 12.8 Å². The van der Waals surface area contributed by atoms with Crippen LogP contribution in [-0.4, -0.2) is 37.2 Å². The van der Waals surface area contributed by atoms with Gasteiger partial charge in [-0.15, -0.1) is 0 Å². The molecule has 0 atom stereocenters. The maximum Gasteiger partial charge on any atom is 0.278 e. The van der Waals surface area contributed by atoms with Crippen molar-refractivity contribution in [1.82, 2.24) is 10.5 Å². The summed E-state index contributed by atoms with van der Waals surface area (Å²) < 4.78 is 0. The van der Waals surface area contributed by atoms with Crippen LogP contribution in [0.1, 0.15) is 23.2 Å². The maximum absolute atomic E-state index is 12.3. The fourth-order valence-corrected chi connectivity index (χ4v) is 3.64. The van der Waals surface area contributed by atoms with Crippen LogP contribution in [0.25, 0.3) is 0 Å². The van der Waals surface area contributed by atoms with E-state index in [0.717, 1.165) is 18.5 Å². The normalized spacial score (nSPS) is 13.3. The molecule has 3 N–H and O–H groups in total. The molecule has 27 heavy (non-hydrogen) atoms. The van der Waals surface area contributed by atoms with Crippen LogP contribution in [0.4, 0.5) is 17.2 Å². The monoisotopic (exact) mass is 386 g/mol. The number of hydroxylamine groups is 1. The Morgan fingerprint density at radius 1 is 1.19 bits per heavy atom. The lowest BCUT2D eigenvalue weighted by molar-refractivity contribution is -0.117. The van der Waals surface area contributed by atoms with Gasteiger partial charge >= 0.3 is 0 Å². The number of nitrogens with one attached hydrogen (secondary N) is 3. The smallest absolute Gasteiger partial charge is 0.278 e. The third-order valence-corrected chi connectivity index (χ3v) is 5.55. The summed E-state index contributed by atoms with van der Waals surface area (Å²) in [5, 5.41) is 7.33. The molecular formula is C19H23N4O3P. The molecule has 1 heterocycles. The molecule has 2 amide bonds. The first-order valence-electron chi connectivity index (χ1n) is 8.67. The number of carbonyl (C=O) groups is 2. The molecular weight excluding hydrogens is 363 g/mol. The molecule has 1 aliphatic carbocycles. The van der Waals surface area contributed by atoms with Gasteiger partial charge in [0.05, 0.1) is 18.4 Å². The predicted molar refractivity (Wildman–Crippen MR) is 108 cm³/mol. The molecule has 0 bridgehead atoms. The van der Waals surface area contributed by atoms with Gasteiger partial charge < -0.3 is 10.6 Å². The molecule has 1 aromatic carbocycles. The van der Waals surface area contributed by atoms with Gasteiger partial charge in [0.25, 0.3) is 5.91 Å². The molecule has 1 saturated carbocycles. The third-order valence-electron chi connectivity index (χ3n) is 4.20. The molecule has 0 unspecified atom stereocenters. The van der Waals surface area contributed by atoms with Crippen LogP contribution in [0.2, 0.25) is 0 Å². The largest absolute Gasteiger partial charge is 0.354 e. The molecule has 142 valence electrons.